The van der Waals surface area contributed by atoms with E-state index in [9.17, 15) is 4.79 Å². The molecular weight excluding hydrogens is 116 g/mol. The molecule has 0 saturated heterocycles. The van der Waals surface area contributed by atoms with Crippen LogP contribution in [0.1, 0.15) is 0 Å². The number of amides is 1. The number of aliphatic imine (C=N–C) groups is 1. The highest BCUT2D eigenvalue weighted by Crippen LogP contribution is 1.89. The van der Waals surface area contributed by atoms with E-state index in [-0.39, 0.29) is 5.91 Å². The van der Waals surface area contributed by atoms with Gasteiger partial charge in [0.2, 0.25) is 0 Å². The summed E-state index contributed by atoms with van der Waals surface area (Å²) in [7, 11) is 0. The van der Waals surface area contributed by atoms with Gasteiger partial charge in [-0.15, -0.1) is 0 Å². The van der Waals surface area contributed by atoms with E-state index in [0.29, 0.717) is 5.57 Å². The van der Waals surface area contributed by atoms with Crippen molar-refractivity contribution in [2.24, 2.45) is 4.99 Å². The van der Waals surface area contributed by atoms with E-state index in [1.165, 1.54) is 18.6 Å². The molecule has 1 aliphatic rings. The van der Waals surface area contributed by atoms with Crippen molar-refractivity contribution in [3.8, 4) is 0 Å². The lowest BCUT2D eigenvalue weighted by Gasteiger charge is -1.91. The van der Waals surface area contributed by atoms with Gasteiger partial charge in [-0.2, -0.15) is 0 Å². The fourth-order valence-electron chi connectivity index (χ4n) is 0.440. The Kier molecular flexibility index (Phi) is 1.44. The van der Waals surface area contributed by atoms with Gasteiger partial charge in [-0.1, -0.05) is 6.58 Å². The number of hydrogen-bond donors (Lipinski definition) is 1. The lowest BCUT2D eigenvalue weighted by Crippen LogP contribution is -2.17. The second-order valence-corrected chi connectivity index (χ2v) is 1.59. The summed E-state index contributed by atoms with van der Waals surface area (Å²) in [5.41, 5.74) is 0.375. The highest BCUT2D eigenvalue weighted by Gasteiger charge is 2.01. The number of carbonyl (C=O) groups is 1. The van der Waals surface area contributed by atoms with Crippen LogP contribution in [0, 0.1) is 0 Å². The van der Waals surface area contributed by atoms with Crippen LogP contribution in [0.15, 0.2) is 29.5 Å². The minimum absolute atomic E-state index is 0.201. The first-order valence-electron chi connectivity index (χ1n) is 2.48. The van der Waals surface area contributed by atoms with Crippen molar-refractivity contribution in [3.63, 3.8) is 0 Å². The minimum Gasteiger partial charge on any atom is -0.327 e. The second kappa shape index (κ2) is 2.26. The van der Waals surface area contributed by atoms with Gasteiger partial charge in [0.15, 0.2) is 0 Å². The molecule has 1 amide bonds. The fourth-order valence-corrected chi connectivity index (χ4v) is 0.440. The van der Waals surface area contributed by atoms with Gasteiger partial charge < -0.3 is 5.32 Å². The maximum absolute atomic E-state index is 10.7. The lowest BCUT2D eigenvalue weighted by atomic mass is 10.3. The largest absolute Gasteiger partial charge is 0.327 e. The third-order valence-electron chi connectivity index (χ3n) is 0.897. The molecule has 0 bridgehead atoms. The highest BCUT2D eigenvalue weighted by molar-refractivity contribution is 6.12. The third-order valence-corrected chi connectivity index (χ3v) is 0.897. The molecule has 1 aliphatic heterocycles. The zero-order chi connectivity index (χ0) is 6.69. The molecule has 0 unspecified atom stereocenters. The first-order chi connectivity index (χ1) is 4.30. The molecule has 3 heteroatoms. The molecule has 0 saturated carbocycles. The van der Waals surface area contributed by atoms with Crippen LogP contribution in [0.25, 0.3) is 0 Å². The summed E-state index contributed by atoms with van der Waals surface area (Å²) in [6.45, 7) is 3.45. The number of nitrogens with one attached hydrogen (secondary N) is 1. The van der Waals surface area contributed by atoms with Crippen LogP contribution in [-0.2, 0) is 4.79 Å². The molecule has 0 aromatic rings. The number of carbonyl (C=O) groups excluding carboxylic acids is 1. The van der Waals surface area contributed by atoms with E-state index >= 15 is 0 Å². The van der Waals surface area contributed by atoms with Crippen LogP contribution in [0.2, 0.25) is 0 Å². The van der Waals surface area contributed by atoms with Gasteiger partial charge in [0.1, 0.15) is 0 Å². The van der Waals surface area contributed by atoms with Crippen molar-refractivity contribution in [1.29, 1.82) is 0 Å². The smallest absolute Gasteiger partial charge is 0.256 e. The molecule has 1 heterocycles. The van der Waals surface area contributed by atoms with Gasteiger partial charge in [-0.25, -0.2) is 0 Å². The number of rotatable bonds is 0. The Bertz CT molecular complexity index is 203. The average molecular weight is 122 g/mol. The average Bonchev–Trinajstić information content (AvgIpc) is 1.99. The first-order valence-corrected chi connectivity index (χ1v) is 2.48. The topological polar surface area (TPSA) is 41.5 Å². The molecule has 9 heavy (non-hydrogen) atoms. The molecule has 0 aromatic heterocycles. The molecule has 0 fully saturated rings. The first kappa shape index (κ1) is 5.75. The van der Waals surface area contributed by atoms with Gasteiger partial charge >= 0.3 is 0 Å². The number of hydrogen-bond acceptors (Lipinski definition) is 2. The van der Waals surface area contributed by atoms with E-state index in [1.54, 1.807) is 0 Å². The van der Waals surface area contributed by atoms with Gasteiger partial charge in [0.25, 0.3) is 5.91 Å². The fraction of sp³-hybridized carbons (Fsp3) is 0. The Labute approximate surface area is 52.8 Å². The van der Waals surface area contributed by atoms with Crippen molar-refractivity contribution in [3.05, 3.63) is 24.6 Å². The van der Waals surface area contributed by atoms with Crippen LogP contribution in [0.3, 0.4) is 0 Å². The van der Waals surface area contributed by atoms with Crippen LogP contribution in [0.5, 0.6) is 0 Å². The summed E-state index contributed by atoms with van der Waals surface area (Å²) in [5, 5.41) is 2.45. The molecule has 1 N–H and O–H groups in total. The molecule has 3 nitrogen and oxygen atoms in total. The SMILES string of the molecule is C=C1C=NC=CNC1=O. The predicted molar refractivity (Wildman–Crippen MR) is 34.9 cm³/mol. The summed E-state index contributed by atoms with van der Waals surface area (Å²) in [6.07, 6.45) is 4.38. The third kappa shape index (κ3) is 1.25. The van der Waals surface area contributed by atoms with E-state index in [2.05, 4.69) is 16.9 Å². The molecular formula is C6H6N2O. The Morgan fingerprint density at radius 2 is 2.44 bits per heavy atom. The normalized spacial score (nSPS) is 17.3. The molecule has 46 valence electrons. The monoisotopic (exact) mass is 122 g/mol. The summed E-state index contributed by atoms with van der Waals surface area (Å²) in [4.78, 5) is 14.4. The second-order valence-electron chi connectivity index (χ2n) is 1.59. The van der Waals surface area contributed by atoms with E-state index < -0.39 is 0 Å². The van der Waals surface area contributed by atoms with Crippen molar-refractivity contribution >= 4 is 12.1 Å². The van der Waals surface area contributed by atoms with E-state index in [1.807, 2.05) is 0 Å². The molecule has 0 radical (unpaired) electrons. The lowest BCUT2D eigenvalue weighted by molar-refractivity contribution is -0.116. The van der Waals surface area contributed by atoms with Crippen molar-refractivity contribution in [1.82, 2.24) is 5.32 Å². The van der Waals surface area contributed by atoms with Crippen molar-refractivity contribution in [2.75, 3.05) is 0 Å². The van der Waals surface area contributed by atoms with Crippen LogP contribution >= 0.6 is 0 Å². The molecule has 0 spiro atoms. The van der Waals surface area contributed by atoms with Gasteiger partial charge in [0.05, 0.1) is 5.57 Å². The molecule has 1 rings (SSSR count). The Morgan fingerprint density at radius 3 is 3.22 bits per heavy atom. The standard InChI is InChI=1S/C6H6N2O/c1-5-4-7-2-3-8-6(5)9/h2-4H,1H2,(H,8,9). The minimum atomic E-state index is -0.201. The van der Waals surface area contributed by atoms with E-state index in [0.717, 1.165) is 0 Å². The van der Waals surface area contributed by atoms with E-state index in [4.69, 9.17) is 0 Å². The van der Waals surface area contributed by atoms with Gasteiger partial charge in [0, 0.05) is 18.6 Å². The number of nitrogens with zero attached hydrogens (tertiary/aromatic N) is 1. The Balaban J connectivity index is 2.81. The maximum atomic E-state index is 10.7. The summed E-state index contributed by atoms with van der Waals surface area (Å²) >= 11 is 0. The zero-order valence-corrected chi connectivity index (χ0v) is 4.79. The summed E-state index contributed by atoms with van der Waals surface area (Å²) in [6, 6.07) is 0. The Morgan fingerprint density at radius 1 is 1.67 bits per heavy atom. The predicted octanol–water partition coefficient (Wildman–Crippen LogP) is 0.214. The van der Waals surface area contributed by atoms with Crippen molar-refractivity contribution < 1.29 is 4.79 Å². The highest BCUT2D eigenvalue weighted by atomic mass is 16.1. The van der Waals surface area contributed by atoms with Crippen LogP contribution < -0.4 is 5.32 Å². The molecule has 0 atom stereocenters. The summed E-state index contributed by atoms with van der Waals surface area (Å²) in [5.74, 6) is -0.201. The molecule has 0 aromatic carbocycles. The van der Waals surface area contributed by atoms with Crippen molar-refractivity contribution in [2.45, 2.75) is 0 Å². The zero-order valence-electron chi connectivity index (χ0n) is 4.79. The van der Waals surface area contributed by atoms with Gasteiger partial charge in [-0.05, 0) is 0 Å². The Hall–Kier alpha value is -1.38. The quantitative estimate of drug-likeness (QED) is 0.458. The van der Waals surface area contributed by atoms with Crippen LogP contribution in [-0.4, -0.2) is 12.1 Å². The van der Waals surface area contributed by atoms with Gasteiger partial charge in [-0.3, -0.25) is 9.79 Å². The van der Waals surface area contributed by atoms with Crippen LogP contribution in [0.4, 0.5) is 0 Å². The maximum Gasteiger partial charge on any atom is 0.256 e. The summed E-state index contributed by atoms with van der Waals surface area (Å²) < 4.78 is 0. The molecule has 0 aliphatic carbocycles.